The van der Waals surface area contributed by atoms with Crippen molar-refractivity contribution in [3.63, 3.8) is 0 Å². The molecule has 3 nitrogen and oxygen atoms in total. The molecule has 0 amide bonds. The number of aliphatic hydroxyl groups is 1. The molecule has 1 aromatic rings. The molecule has 0 heterocycles. The molecule has 1 aromatic carbocycles. The van der Waals surface area contributed by atoms with E-state index in [1.54, 1.807) is 0 Å². The Balaban J connectivity index is 3.47. The standard InChI is InChI=1S/C12H20NO2PS2/c1-8(2)10-5-4-9(3)11(6-10)12(14,7-13)16(15,17)18/h4-6,8,14H,7,13H2,1-3H3,(H2,15,17,18). The van der Waals surface area contributed by atoms with Gasteiger partial charge in [-0.3, -0.25) is 0 Å². The SMILES string of the molecule is Cc1ccc(C(C)C)cc1C(O)(CN)P(O)(=S)S. The first-order valence-electron chi connectivity index (χ1n) is 5.72. The fourth-order valence-corrected chi connectivity index (χ4v) is 3.70. The van der Waals surface area contributed by atoms with Gasteiger partial charge in [0.05, 0.1) is 0 Å². The Morgan fingerprint density at radius 3 is 2.44 bits per heavy atom. The number of benzene rings is 1. The van der Waals surface area contributed by atoms with E-state index in [0.717, 1.165) is 11.1 Å². The lowest BCUT2D eigenvalue weighted by atomic mass is 9.95. The smallest absolute Gasteiger partial charge is 0.161 e. The first kappa shape index (κ1) is 16.2. The molecule has 18 heavy (non-hydrogen) atoms. The van der Waals surface area contributed by atoms with Crippen LogP contribution in [0.5, 0.6) is 0 Å². The van der Waals surface area contributed by atoms with Crippen molar-refractivity contribution < 1.29 is 10.00 Å². The van der Waals surface area contributed by atoms with Crippen molar-refractivity contribution in [1.82, 2.24) is 0 Å². The predicted molar refractivity (Wildman–Crippen MR) is 83.7 cm³/mol. The Morgan fingerprint density at radius 2 is 2.06 bits per heavy atom. The molecule has 2 atom stereocenters. The Hall–Kier alpha value is 0.1000. The summed E-state index contributed by atoms with van der Waals surface area (Å²) in [5, 5.41) is 8.97. The van der Waals surface area contributed by atoms with Gasteiger partial charge < -0.3 is 15.7 Å². The summed E-state index contributed by atoms with van der Waals surface area (Å²) in [6.07, 6.45) is 0. The lowest BCUT2D eigenvalue weighted by molar-refractivity contribution is 0.131. The molecule has 1 rings (SSSR count). The van der Waals surface area contributed by atoms with Crippen LogP contribution in [0.3, 0.4) is 0 Å². The minimum absolute atomic E-state index is 0.146. The highest BCUT2D eigenvalue weighted by Crippen LogP contribution is 2.62. The van der Waals surface area contributed by atoms with Gasteiger partial charge in [-0.25, -0.2) is 0 Å². The first-order valence-corrected chi connectivity index (χ1v) is 9.63. The molecule has 0 saturated carbocycles. The topological polar surface area (TPSA) is 66.5 Å². The summed E-state index contributed by atoms with van der Waals surface area (Å²) in [7, 11) is 0. The molecule has 0 radical (unpaired) electrons. The number of hydrogen-bond donors (Lipinski definition) is 4. The van der Waals surface area contributed by atoms with Gasteiger partial charge in [-0.05, 0) is 29.5 Å². The van der Waals surface area contributed by atoms with Crippen molar-refractivity contribution in [2.45, 2.75) is 32.0 Å². The van der Waals surface area contributed by atoms with Gasteiger partial charge in [-0.15, -0.1) is 12.2 Å². The fraction of sp³-hybridized carbons (Fsp3) is 0.500. The van der Waals surface area contributed by atoms with Crippen LogP contribution in [-0.4, -0.2) is 16.5 Å². The molecule has 0 aliphatic rings. The average Bonchev–Trinajstić information content (AvgIpc) is 2.26. The molecule has 4 N–H and O–H groups in total. The molecule has 102 valence electrons. The Kier molecular flexibility index (Phi) is 5.04. The molecule has 0 fully saturated rings. The Bertz CT molecular complexity index is 487. The summed E-state index contributed by atoms with van der Waals surface area (Å²) >= 11 is 8.98. The van der Waals surface area contributed by atoms with Crippen molar-refractivity contribution in [3.05, 3.63) is 34.9 Å². The van der Waals surface area contributed by atoms with Crippen LogP contribution in [-0.2, 0) is 17.1 Å². The molecule has 2 unspecified atom stereocenters. The minimum Gasteiger partial charge on any atom is -0.375 e. The summed E-state index contributed by atoms with van der Waals surface area (Å²) in [6, 6.07) is 5.77. The lowest BCUT2D eigenvalue weighted by Gasteiger charge is -2.33. The maximum Gasteiger partial charge on any atom is 0.161 e. The van der Waals surface area contributed by atoms with E-state index in [4.69, 9.17) is 17.5 Å². The Labute approximate surface area is 119 Å². The molecule has 0 aromatic heterocycles. The molecular weight excluding hydrogens is 285 g/mol. The van der Waals surface area contributed by atoms with E-state index in [9.17, 15) is 10.00 Å². The molecule has 0 bridgehead atoms. The third kappa shape index (κ3) is 2.98. The van der Waals surface area contributed by atoms with Crippen LogP contribution in [0, 0.1) is 6.92 Å². The predicted octanol–water partition coefficient (Wildman–Crippen LogP) is 2.45. The van der Waals surface area contributed by atoms with Gasteiger partial charge in [0.2, 0.25) is 0 Å². The van der Waals surface area contributed by atoms with Gasteiger partial charge in [0.15, 0.2) is 10.8 Å². The van der Waals surface area contributed by atoms with E-state index in [-0.39, 0.29) is 6.54 Å². The largest absolute Gasteiger partial charge is 0.375 e. The average molecular weight is 305 g/mol. The summed E-state index contributed by atoms with van der Waals surface area (Å²) < 4.78 is 0. The highest BCUT2D eigenvalue weighted by Gasteiger charge is 2.41. The number of hydrogen-bond acceptors (Lipinski definition) is 3. The van der Waals surface area contributed by atoms with Crippen LogP contribution < -0.4 is 5.73 Å². The number of aryl methyl sites for hydroxylation is 1. The Morgan fingerprint density at radius 1 is 1.50 bits per heavy atom. The van der Waals surface area contributed by atoms with Crippen molar-refractivity contribution in [2.75, 3.05) is 6.54 Å². The summed E-state index contributed by atoms with van der Waals surface area (Å²) in [5.74, 6) is 0.322. The van der Waals surface area contributed by atoms with E-state index < -0.39 is 10.8 Å². The molecule has 0 saturated heterocycles. The fourth-order valence-electron chi connectivity index (χ4n) is 1.82. The number of thiol groups is 1. The normalized spacial score (nSPS) is 18.4. The highest BCUT2D eigenvalue weighted by molar-refractivity contribution is 8.61. The van der Waals surface area contributed by atoms with Crippen molar-refractivity contribution in [2.24, 2.45) is 5.73 Å². The highest BCUT2D eigenvalue weighted by atomic mass is 32.9. The quantitative estimate of drug-likeness (QED) is 0.509. The third-order valence-electron chi connectivity index (χ3n) is 3.13. The van der Waals surface area contributed by atoms with E-state index in [1.165, 1.54) is 0 Å². The van der Waals surface area contributed by atoms with Crippen molar-refractivity contribution in [1.29, 1.82) is 0 Å². The lowest BCUT2D eigenvalue weighted by Crippen LogP contribution is -2.34. The van der Waals surface area contributed by atoms with Gasteiger partial charge >= 0.3 is 0 Å². The van der Waals surface area contributed by atoms with Gasteiger partial charge in [-0.2, -0.15) is 0 Å². The maximum atomic E-state index is 10.6. The van der Waals surface area contributed by atoms with Gasteiger partial charge in [0, 0.05) is 6.54 Å². The van der Waals surface area contributed by atoms with Crippen LogP contribution in [0.15, 0.2) is 18.2 Å². The van der Waals surface area contributed by atoms with E-state index in [0.29, 0.717) is 11.5 Å². The maximum absolute atomic E-state index is 10.6. The second-order valence-corrected chi connectivity index (χ2v) is 10.8. The summed E-state index contributed by atoms with van der Waals surface area (Å²) in [4.78, 5) is 10.0. The molecule has 0 spiro atoms. The third-order valence-corrected chi connectivity index (χ3v) is 6.41. The second-order valence-electron chi connectivity index (χ2n) is 4.79. The van der Waals surface area contributed by atoms with Crippen LogP contribution in [0.1, 0.15) is 36.5 Å². The minimum atomic E-state index is -3.23. The zero-order valence-electron chi connectivity index (χ0n) is 10.8. The van der Waals surface area contributed by atoms with E-state index in [2.05, 4.69) is 26.1 Å². The molecular formula is C12H20NO2PS2. The molecule has 0 aliphatic heterocycles. The van der Waals surface area contributed by atoms with Crippen LogP contribution in [0.4, 0.5) is 0 Å². The van der Waals surface area contributed by atoms with Crippen LogP contribution in [0.2, 0.25) is 0 Å². The van der Waals surface area contributed by atoms with Crippen LogP contribution in [0.25, 0.3) is 0 Å². The number of nitrogens with two attached hydrogens (primary N) is 1. The van der Waals surface area contributed by atoms with E-state index in [1.807, 2.05) is 25.1 Å². The summed E-state index contributed by atoms with van der Waals surface area (Å²) in [6.45, 7) is 5.84. The first-order chi connectivity index (χ1) is 8.13. The molecule has 0 aliphatic carbocycles. The van der Waals surface area contributed by atoms with Gasteiger partial charge in [0.1, 0.15) is 0 Å². The van der Waals surface area contributed by atoms with Crippen molar-refractivity contribution in [3.8, 4) is 0 Å². The number of rotatable bonds is 4. The zero-order chi connectivity index (χ0) is 14.1. The second kappa shape index (κ2) is 5.61. The summed E-state index contributed by atoms with van der Waals surface area (Å²) in [5.41, 5.74) is 4.90. The van der Waals surface area contributed by atoms with Gasteiger partial charge in [0.25, 0.3) is 0 Å². The molecule has 6 heteroatoms. The zero-order valence-corrected chi connectivity index (χ0v) is 13.4. The van der Waals surface area contributed by atoms with Crippen molar-refractivity contribution >= 4 is 29.5 Å². The van der Waals surface area contributed by atoms with Crippen LogP contribution >= 0.6 is 17.7 Å². The van der Waals surface area contributed by atoms with E-state index >= 15 is 0 Å². The monoisotopic (exact) mass is 305 g/mol. The van der Waals surface area contributed by atoms with Gasteiger partial charge in [-0.1, -0.05) is 43.9 Å².